The number of fused-ring (bicyclic) bond motifs is 1. The van der Waals surface area contributed by atoms with E-state index in [1.165, 1.54) is 0 Å². The fourth-order valence-electron chi connectivity index (χ4n) is 3.02. The minimum Gasteiger partial charge on any atom is -0.355 e. The molecule has 0 spiro atoms. The van der Waals surface area contributed by atoms with Crippen molar-refractivity contribution in [1.29, 1.82) is 0 Å². The summed E-state index contributed by atoms with van der Waals surface area (Å²) in [5.74, 6) is -0.240. The van der Waals surface area contributed by atoms with Crippen molar-refractivity contribution in [2.75, 3.05) is 13.1 Å². The van der Waals surface area contributed by atoms with Crippen molar-refractivity contribution >= 4 is 11.8 Å². The van der Waals surface area contributed by atoms with Crippen LogP contribution >= 0.6 is 0 Å². The van der Waals surface area contributed by atoms with Crippen LogP contribution in [0.25, 0.3) is 0 Å². The molecule has 1 atom stereocenters. The molecule has 1 aliphatic rings. The maximum absolute atomic E-state index is 12.6. The van der Waals surface area contributed by atoms with Gasteiger partial charge in [0.15, 0.2) is 0 Å². The molecule has 0 aliphatic carbocycles. The highest BCUT2D eigenvalue weighted by atomic mass is 16.2. The first kappa shape index (κ1) is 16.2. The normalized spacial score (nSPS) is 17.0. The summed E-state index contributed by atoms with van der Waals surface area (Å²) in [6.45, 7) is 3.75. The number of hydrogen-bond donors (Lipinski definition) is 1. The molecule has 0 fully saturated rings. The lowest BCUT2D eigenvalue weighted by atomic mass is 10.1. The van der Waals surface area contributed by atoms with Crippen LogP contribution in [0.1, 0.15) is 18.2 Å². The molecule has 0 saturated heterocycles. The van der Waals surface area contributed by atoms with Crippen molar-refractivity contribution in [3.63, 3.8) is 0 Å². The molecular weight excluding hydrogens is 304 g/mol. The van der Waals surface area contributed by atoms with E-state index in [0.717, 1.165) is 17.7 Å². The van der Waals surface area contributed by atoms with Gasteiger partial charge >= 0.3 is 0 Å². The minimum absolute atomic E-state index is 0.000708. The van der Waals surface area contributed by atoms with Crippen molar-refractivity contribution in [2.45, 2.75) is 26.4 Å². The average Bonchev–Trinajstić information content (AvgIpc) is 2.92. The molecule has 1 unspecified atom stereocenters. The molecule has 0 radical (unpaired) electrons. The zero-order valence-corrected chi connectivity index (χ0v) is 13.8. The van der Waals surface area contributed by atoms with Gasteiger partial charge in [0.25, 0.3) is 0 Å². The molecule has 24 heavy (non-hydrogen) atoms. The Labute approximate surface area is 141 Å². The predicted octanol–water partition coefficient (Wildman–Crippen LogP) is 1.22. The summed E-state index contributed by atoms with van der Waals surface area (Å²) in [7, 11) is 0. The van der Waals surface area contributed by atoms with Crippen molar-refractivity contribution in [3.05, 3.63) is 54.1 Å². The van der Waals surface area contributed by atoms with Crippen LogP contribution in [-0.4, -0.2) is 39.4 Å². The van der Waals surface area contributed by atoms with Crippen molar-refractivity contribution in [3.8, 4) is 0 Å². The fraction of sp³-hybridized carbons (Fsp3) is 0.389. The molecule has 6 nitrogen and oxygen atoms in total. The number of rotatable bonds is 4. The average molecular weight is 326 g/mol. The van der Waals surface area contributed by atoms with Crippen molar-refractivity contribution in [2.24, 2.45) is 5.92 Å². The Balaban J connectivity index is 1.62. The third-order valence-electron chi connectivity index (χ3n) is 4.41. The lowest BCUT2D eigenvalue weighted by Crippen LogP contribution is -2.40. The van der Waals surface area contributed by atoms with Gasteiger partial charge in [-0.25, -0.2) is 0 Å². The van der Waals surface area contributed by atoms with Gasteiger partial charge < -0.3 is 14.8 Å². The molecular formula is C18H22N4O2. The van der Waals surface area contributed by atoms with Gasteiger partial charge in [0.1, 0.15) is 0 Å². The van der Waals surface area contributed by atoms with E-state index >= 15 is 0 Å². The van der Waals surface area contributed by atoms with Crippen molar-refractivity contribution in [1.82, 2.24) is 19.8 Å². The van der Waals surface area contributed by atoms with Gasteiger partial charge in [-0.15, -0.1) is 0 Å². The zero-order chi connectivity index (χ0) is 16.9. The Hall–Kier alpha value is -2.63. The topological polar surface area (TPSA) is 67.2 Å². The molecule has 6 heteroatoms. The van der Waals surface area contributed by atoms with Crippen LogP contribution in [0.4, 0.5) is 0 Å². The third kappa shape index (κ3) is 3.82. The van der Waals surface area contributed by atoms with E-state index in [0.29, 0.717) is 26.2 Å². The van der Waals surface area contributed by atoms with Gasteiger partial charge in [0.05, 0.1) is 12.5 Å². The summed E-state index contributed by atoms with van der Waals surface area (Å²) in [6.07, 6.45) is 6.24. The molecule has 3 heterocycles. The van der Waals surface area contributed by atoms with Gasteiger partial charge in [-0.3, -0.25) is 14.6 Å². The second-order valence-corrected chi connectivity index (χ2v) is 6.14. The summed E-state index contributed by atoms with van der Waals surface area (Å²) in [4.78, 5) is 30.1. The molecule has 1 N–H and O–H groups in total. The summed E-state index contributed by atoms with van der Waals surface area (Å²) in [5.41, 5.74) is 2.21. The van der Waals surface area contributed by atoms with Gasteiger partial charge in [0, 0.05) is 50.8 Å². The molecule has 0 bridgehead atoms. The van der Waals surface area contributed by atoms with Crippen LogP contribution in [0.5, 0.6) is 0 Å². The van der Waals surface area contributed by atoms with Crippen LogP contribution in [0, 0.1) is 5.92 Å². The Morgan fingerprint density at radius 1 is 1.25 bits per heavy atom. The van der Waals surface area contributed by atoms with Crippen LogP contribution in [0.3, 0.4) is 0 Å². The van der Waals surface area contributed by atoms with Gasteiger partial charge in [-0.2, -0.15) is 0 Å². The van der Waals surface area contributed by atoms with Crippen molar-refractivity contribution < 1.29 is 9.59 Å². The monoisotopic (exact) mass is 326 g/mol. The first-order chi connectivity index (χ1) is 11.6. The Kier molecular flexibility index (Phi) is 4.93. The Bertz CT molecular complexity index is 711. The number of nitrogens with zero attached hydrogens (tertiary/aromatic N) is 3. The van der Waals surface area contributed by atoms with E-state index in [-0.39, 0.29) is 17.7 Å². The van der Waals surface area contributed by atoms with E-state index < -0.39 is 0 Å². The smallest absolute Gasteiger partial charge is 0.226 e. The molecule has 3 rings (SSSR count). The molecule has 2 aromatic rings. The molecule has 2 amide bonds. The SMILES string of the molecule is CC(=O)N1Cc2cccn2CC(C(=O)NCCc2ccncc2)C1. The summed E-state index contributed by atoms with van der Waals surface area (Å²) in [5, 5.41) is 3.00. The molecule has 0 saturated carbocycles. The second kappa shape index (κ2) is 7.29. The van der Waals surface area contributed by atoms with Gasteiger partial charge in [-0.1, -0.05) is 0 Å². The largest absolute Gasteiger partial charge is 0.355 e. The Morgan fingerprint density at radius 3 is 2.79 bits per heavy atom. The number of carbonyl (C=O) groups is 2. The maximum atomic E-state index is 12.6. The van der Waals surface area contributed by atoms with E-state index in [1.54, 1.807) is 24.2 Å². The van der Waals surface area contributed by atoms with Crippen LogP contribution in [0.15, 0.2) is 42.9 Å². The minimum atomic E-state index is -0.236. The quantitative estimate of drug-likeness (QED) is 0.919. The molecule has 0 aromatic carbocycles. The highest BCUT2D eigenvalue weighted by molar-refractivity contribution is 5.80. The van der Waals surface area contributed by atoms with Crippen LogP contribution in [-0.2, 0) is 29.1 Å². The lowest BCUT2D eigenvalue weighted by molar-refractivity contribution is -0.132. The summed E-state index contributed by atoms with van der Waals surface area (Å²) < 4.78 is 2.07. The molecule has 1 aliphatic heterocycles. The van der Waals surface area contributed by atoms with E-state index in [1.807, 2.05) is 30.5 Å². The maximum Gasteiger partial charge on any atom is 0.226 e. The summed E-state index contributed by atoms with van der Waals surface area (Å²) >= 11 is 0. The predicted molar refractivity (Wildman–Crippen MR) is 90.0 cm³/mol. The summed E-state index contributed by atoms with van der Waals surface area (Å²) in [6, 6.07) is 7.85. The number of amides is 2. The highest BCUT2D eigenvalue weighted by Gasteiger charge is 2.27. The fourth-order valence-corrected chi connectivity index (χ4v) is 3.02. The number of pyridine rings is 1. The highest BCUT2D eigenvalue weighted by Crippen LogP contribution is 2.17. The lowest BCUT2D eigenvalue weighted by Gasteiger charge is -2.22. The van der Waals surface area contributed by atoms with E-state index in [2.05, 4.69) is 14.9 Å². The Morgan fingerprint density at radius 2 is 2.04 bits per heavy atom. The van der Waals surface area contributed by atoms with Crippen LogP contribution in [0.2, 0.25) is 0 Å². The first-order valence-electron chi connectivity index (χ1n) is 8.19. The zero-order valence-electron chi connectivity index (χ0n) is 13.8. The third-order valence-corrected chi connectivity index (χ3v) is 4.41. The van der Waals surface area contributed by atoms with Crippen LogP contribution < -0.4 is 5.32 Å². The second-order valence-electron chi connectivity index (χ2n) is 6.14. The molecule has 126 valence electrons. The number of aromatic nitrogens is 2. The van der Waals surface area contributed by atoms with Gasteiger partial charge in [-0.05, 0) is 36.2 Å². The first-order valence-corrected chi connectivity index (χ1v) is 8.19. The standard InChI is InChI=1S/C18H22N4O2/c1-14(23)22-12-16(11-21-10-2-3-17(21)13-22)18(24)20-9-6-15-4-7-19-8-5-15/h2-5,7-8,10,16H,6,9,11-13H2,1H3,(H,20,24). The van der Waals surface area contributed by atoms with Gasteiger partial charge in [0.2, 0.25) is 11.8 Å². The van der Waals surface area contributed by atoms with E-state index in [9.17, 15) is 9.59 Å². The number of nitrogens with one attached hydrogen (secondary N) is 1. The molecule has 2 aromatic heterocycles. The number of carbonyl (C=O) groups excluding carboxylic acids is 2. The van der Waals surface area contributed by atoms with E-state index in [4.69, 9.17) is 0 Å². The number of hydrogen-bond acceptors (Lipinski definition) is 3.